The lowest BCUT2D eigenvalue weighted by atomic mass is 9.66. The first-order chi connectivity index (χ1) is 17.3. The van der Waals surface area contributed by atoms with E-state index in [9.17, 15) is 19.5 Å². The molecule has 2 amide bonds. The summed E-state index contributed by atoms with van der Waals surface area (Å²) in [5.41, 5.74) is 0.544. The third kappa shape index (κ3) is 4.27. The van der Waals surface area contributed by atoms with Crippen molar-refractivity contribution >= 4 is 46.8 Å². The first-order valence-electron chi connectivity index (χ1n) is 12.3. The number of rotatable bonds is 11. The first kappa shape index (κ1) is 26.8. The Morgan fingerprint density at radius 2 is 2.06 bits per heavy atom. The van der Waals surface area contributed by atoms with Crippen molar-refractivity contribution in [3.8, 4) is 0 Å². The molecule has 0 radical (unpaired) electrons. The molecule has 3 heterocycles. The summed E-state index contributed by atoms with van der Waals surface area (Å²) in [7, 11) is 0. The molecule has 36 heavy (non-hydrogen) atoms. The summed E-state index contributed by atoms with van der Waals surface area (Å²) >= 11 is 8.06. The van der Waals surface area contributed by atoms with Gasteiger partial charge in [-0.2, -0.15) is 0 Å². The van der Waals surface area contributed by atoms with E-state index in [1.165, 1.54) is 0 Å². The lowest BCUT2D eigenvalue weighted by molar-refractivity contribution is -0.155. The van der Waals surface area contributed by atoms with Crippen LogP contribution in [0.4, 0.5) is 5.69 Å². The van der Waals surface area contributed by atoms with Crippen LogP contribution in [0.1, 0.15) is 32.6 Å². The number of likely N-dealkylation sites (tertiary alicyclic amines) is 1. The average molecular weight is 533 g/mol. The number of benzene rings is 1. The average Bonchev–Trinajstić information content (AvgIpc) is 3.42. The highest BCUT2D eigenvalue weighted by atomic mass is 35.5. The summed E-state index contributed by atoms with van der Waals surface area (Å²) < 4.78 is 4.30. The number of anilines is 1. The molecule has 0 aromatic heterocycles. The van der Waals surface area contributed by atoms with Gasteiger partial charge in [0, 0.05) is 24.4 Å². The normalized spacial score (nSPS) is 30.2. The molecule has 7 nitrogen and oxygen atoms in total. The van der Waals surface area contributed by atoms with Crippen LogP contribution in [0.3, 0.4) is 0 Å². The van der Waals surface area contributed by atoms with E-state index in [0.717, 1.165) is 0 Å². The highest BCUT2D eigenvalue weighted by Crippen LogP contribution is 2.71. The fourth-order valence-electron chi connectivity index (χ4n) is 6.13. The maximum Gasteiger partial charge on any atom is 0.311 e. The predicted octanol–water partition coefficient (Wildman–Crippen LogP) is 3.84. The van der Waals surface area contributed by atoms with Crippen molar-refractivity contribution in [2.24, 2.45) is 11.8 Å². The first-order valence-corrected chi connectivity index (χ1v) is 13.5. The molecule has 1 aromatic rings. The minimum absolute atomic E-state index is 0.110. The molecular weight excluding hydrogens is 500 g/mol. The zero-order chi connectivity index (χ0) is 26.1. The Hall–Kier alpha value is -2.29. The smallest absolute Gasteiger partial charge is 0.311 e. The van der Waals surface area contributed by atoms with Gasteiger partial charge in [-0.15, -0.1) is 24.9 Å². The molecule has 1 N–H and O–H groups in total. The fourth-order valence-corrected chi connectivity index (χ4v) is 8.71. The number of ether oxygens (including phenoxy) is 1. The molecule has 3 fully saturated rings. The molecule has 2 bridgehead atoms. The number of carbonyl (C=O) groups excluding carboxylic acids is 3. The van der Waals surface area contributed by atoms with Gasteiger partial charge in [0.15, 0.2) is 0 Å². The van der Waals surface area contributed by atoms with E-state index in [2.05, 4.69) is 13.2 Å². The largest absolute Gasteiger partial charge is 0.465 e. The van der Waals surface area contributed by atoms with E-state index in [4.69, 9.17) is 16.3 Å². The second kappa shape index (κ2) is 10.6. The number of hydrogen-bond donors (Lipinski definition) is 1. The molecule has 3 aliphatic rings. The van der Waals surface area contributed by atoms with Crippen LogP contribution in [0.15, 0.2) is 49.6 Å². The number of aliphatic hydroxyl groups is 1. The second-order valence-corrected chi connectivity index (χ2v) is 12.1. The van der Waals surface area contributed by atoms with E-state index in [-0.39, 0.29) is 38.1 Å². The Labute approximate surface area is 221 Å². The summed E-state index contributed by atoms with van der Waals surface area (Å²) in [5, 5.41) is 9.95. The zero-order valence-corrected chi connectivity index (χ0v) is 22.1. The Morgan fingerprint density at radius 3 is 2.72 bits per heavy atom. The van der Waals surface area contributed by atoms with Crippen molar-refractivity contribution < 1.29 is 24.2 Å². The number of fused-ring (bicyclic) bond motifs is 1. The van der Waals surface area contributed by atoms with Gasteiger partial charge >= 0.3 is 5.97 Å². The van der Waals surface area contributed by atoms with E-state index < -0.39 is 33.3 Å². The van der Waals surface area contributed by atoms with Crippen LogP contribution in [0.2, 0.25) is 5.02 Å². The highest BCUT2D eigenvalue weighted by molar-refractivity contribution is 8.02. The van der Waals surface area contributed by atoms with Crippen molar-refractivity contribution in [2.45, 2.75) is 48.1 Å². The Balaban J connectivity index is 1.76. The van der Waals surface area contributed by atoms with Crippen molar-refractivity contribution in [2.75, 3.05) is 31.2 Å². The van der Waals surface area contributed by atoms with Crippen molar-refractivity contribution in [1.82, 2.24) is 4.90 Å². The van der Waals surface area contributed by atoms with Crippen LogP contribution >= 0.6 is 23.4 Å². The second-order valence-electron chi connectivity index (χ2n) is 9.77. The van der Waals surface area contributed by atoms with E-state index in [1.807, 2.05) is 6.92 Å². The summed E-state index contributed by atoms with van der Waals surface area (Å²) in [6.45, 7) is 10.0. The van der Waals surface area contributed by atoms with Crippen LogP contribution in [0, 0.1) is 11.8 Å². The Bertz CT molecular complexity index is 1070. The molecule has 4 rings (SSSR count). The van der Waals surface area contributed by atoms with Crippen LogP contribution in [0.25, 0.3) is 0 Å². The number of thioether (sulfide) groups is 1. The number of aliphatic hydroxyl groups excluding tert-OH is 1. The number of esters is 1. The summed E-state index contributed by atoms with van der Waals surface area (Å²) in [5.74, 6) is -2.18. The lowest BCUT2D eigenvalue weighted by Gasteiger charge is -2.37. The molecule has 2 unspecified atom stereocenters. The molecule has 9 heteroatoms. The minimum atomic E-state index is -0.796. The maximum absolute atomic E-state index is 14.3. The van der Waals surface area contributed by atoms with Gasteiger partial charge in [-0.25, -0.2) is 0 Å². The molecule has 0 saturated carbocycles. The summed E-state index contributed by atoms with van der Waals surface area (Å²) in [4.78, 5) is 44.7. The van der Waals surface area contributed by atoms with E-state index in [1.54, 1.807) is 58.0 Å². The molecule has 0 aliphatic carbocycles. The molecule has 5 atom stereocenters. The van der Waals surface area contributed by atoms with Gasteiger partial charge in [0.2, 0.25) is 5.91 Å². The minimum Gasteiger partial charge on any atom is -0.465 e. The SMILES string of the molecule is C=CCCOC(=O)[C@H]1[C@H]2C(=O)N(CCCO)C(C(=O)N(CC=C)c3ccccc3Cl)C23CC[C@]1(C)S3. The van der Waals surface area contributed by atoms with Crippen molar-refractivity contribution in [3.63, 3.8) is 0 Å². The van der Waals surface area contributed by atoms with E-state index >= 15 is 0 Å². The highest BCUT2D eigenvalue weighted by Gasteiger charge is 2.77. The number of amides is 2. The monoisotopic (exact) mass is 532 g/mol. The third-order valence-electron chi connectivity index (χ3n) is 7.61. The third-order valence-corrected chi connectivity index (χ3v) is 9.91. The number of para-hydroxylation sites is 1. The maximum atomic E-state index is 14.3. The van der Waals surface area contributed by atoms with Crippen LogP contribution in [-0.2, 0) is 19.1 Å². The predicted molar refractivity (Wildman–Crippen MR) is 142 cm³/mol. The number of hydrogen-bond acceptors (Lipinski definition) is 6. The number of carbonyl (C=O) groups is 3. The standard InChI is InChI=1S/C27H33ClN2O5S/c1-4-6-17-35-25(34)21-20-23(32)30(15-9-16-31)22(27(20)13-12-26(21,3)36-27)24(33)29(14-5-2)19-11-8-7-10-18(19)28/h4-5,7-8,10-11,20-22,31H,1-2,6,9,12-17H2,3H3/t20-,21+,22?,26-,27?/m0/s1. The Morgan fingerprint density at radius 1 is 1.31 bits per heavy atom. The quantitative estimate of drug-likeness (QED) is 0.265. The molecule has 1 aromatic carbocycles. The lowest BCUT2D eigenvalue weighted by Crippen LogP contribution is -2.55. The zero-order valence-electron chi connectivity index (χ0n) is 20.5. The molecular formula is C27H33ClN2O5S. The van der Waals surface area contributed by atoms with Crippen LogP contribution in [0.5, 0.6) is 0 Å². The summed E-state index contributed by atoms with van der Waals surface area (Å²) in [6.07, 6.45) is 5.52. The molecule has 3 saturated heterocycles. The van der Waals surface area contributed by atoms with Gasteiger partial charge in [-0.05, 0) is 44.7 Å². The van der Waals surface area contributed by atoms with Crippen LogP contribution < -0.4 is 4.90 Å². The summed E-state index contributed by atoms with van der Waals surface area (Å²) in [6, 6.07) is 6.30. The number of nitrogens with zero attached hydrogens (tertiary/aromatic N) is 2. The Kier molecular flexibility index (Phi) is 7.88. The molecule has 3 aliphatic heterocycles. The van der Waals surface area contributed by atoms with Crippen molar-refractivity contribution in [3.05, 3.63) is 54.6 Å². The van der Waals surface area contributed by atoms with Gasteiger partial charge in [-0.1, -0.05) is 35.9 Å². The molecule has 194 valence electrons. The van der Waals surface area contributed by atoms with Crippen LogP contribution in [-0.4, -0.2) is 69.6 Å². The number of halogens is 1. The van der Waals surface area contributed by atoms with Gasteiger partial charge in [-0.3, -0.25) is 14.4 Å². The fraction of sp³-hybridized carbons (Fsp3) is 0.519. The van der Waals surface area contributed by atoms with E-state index in [0.29, 0.717) is 36.4 Å². The van der Waals surface area contributed by atoms with Crippen molar-refractivity contribution in [1.29, 1.82) is 0 Å². The van der Waals surface area contributed by atoms with Gasteiger partial charge < -0.3 is 19.6 Å². The van der Waals surface area contributed by atoms with Gasteiger partial charge in [0.1, 0.15) is 6.04 Å². The molecule has 1 spiro atoms. The van der Waals surface area contributed by atoms with Gasteiger partial charge in [0.05, 0.1) is 33.9 Å². The van der Waals surface area contributed by atoms with Gasteiger partial charge in [0.25, 0.3) is 5.91 Å². The topological polar surface area (TPSA) is 87.1 Å².